The van der Waals surface area contributed by atoms with Crippen LogP contribution in [0.1, 0.15) is 21.8 Å². The van der Waals surface area contributed by atoms with Crippen LogP contribution in [0.4, 0.5) is 0 Å². The highest BCUT2D eigenvalue weighted by Crippen LogP contribution is 2.09. The number of oxazole rings is 1. The molecular formula is C12H11NO4. The number of aromatic nitrogens is 1. The quantitative estimate of drug-likeness (QED) is 0.871. The van der Waals surface area contributed by atoms with E-state index in [9.17, 15) is 9.59 Å². The first-order valence-electron chi connectivity index (χ1n) is 5.07. The number of carbonyl (C=O) groups is 1. The third-order valence-electron chi connectivity index (χ3n) is 2.45. The van der Waals surface area contributed by atoms with Crippen molar-refractivity contribution in [2.24, 2.45) is 0 Å². The molecule has 0 saturated heterocycles. The molecule has 0 aliphatic carbocycles. The van der Waals surface area contributed by atoms with E-state index in [-0.39, 0.29) is 18.0 Å². The van der Waals surface area contributed by atoms with E-state index in [2.05, 4.69) is 0 Å². The van der Waals surface area contributed by atoms with Crippen molar-refractivity contribution in [1.29, 1.82) is 0 Å². The molecule has 88 valence electrons. The third-order valence-corrected chi connectivity index (χ3v) is 2.45. The molecule has 0 atom stereocenters. The SMILES string of the molecule is Cc1oc(=O)n(Cc2ccccc2)c1C(=O)O. The lowest BCUT2D eigenvalue weighted by molar-refractivity contribution is 0.0684. The summed E-state index contributed by atoms with van der Waals surface area (Å²) in [5.74, 6) is -1.69. The Kier molecular flexibility index (Phi) is 2.82. The van der Waals surface area contributed by atoms with E-state index in [1.807, 2.05) is 30.3 Å². The van der Waals surface area contributed by atoms with Gasteiger partial charge in [0.05, 0.1) is 6.54 Å². The molecule has 0 aliphatic heterocycles. The van der Waals surface area contributed by atoms with Crippen molar-refractivity contribution in [2.75, 3.05) is 0 Å². The Balaban J connectivity index is 2.46. The predicted molar refractivity (Wildman–Crippen MR) is 60.2 cm³/mol. The van der Waals surface area contributed by atoms with Gasteiger partial charge in [-0.15, -0.1) is 0 Å². The van der Waals surface area contributed by atoms with Crippen molar-refractivity contribution in [2.45, 2.75) is 13.5 Å². The predicted octanol–water partition coefficient (Wildman–Crippen LogP) is 1.50. The molecule has 0 unspecified atom stereocenters. The van der Waals surface area contributed by atoms with Crippen LogP contribution in [0.3, 0.4) is 0 Å². The molecule has 0 amide bonds. The second-order valence-electron chi connectivity index (χ2n) is 3.65. The molecule has 0 bridgehead atoms. The first-order valence-corrected chi connectivity index (χ1v) is 5.07. The Bertz CT molecular complexity index is 595. The van der Waals surface area contributed by atoms with Gasteiger partial charge in [-0.3, -0.25) is 4.57 Å². The average molecular weight is 233 g/mol. The van der Waals surface area contributed by atoms with Crippen molar-refractivity contribution in [1.82, 2.24) is 4.57 Å². The van der Waals surface area contributed by atoms with Crippen molar-refractivity contribution in [3.63, 3.8) is 0 Å². The number of aryl methyl sites for hydroxylation is 1. The summed E-state index contributed by atoms with van der Waals surface area (Å²) in [7, 11) is 0. The fraction of sp³-hybridized carbons (Fsp3) is 0.167. The summed E-state index contributed by atoms with van der Waals surface area (Å²) in [5.41, 5.74) is 0.747. The summed E-state index contributed by atoms with van der Waals surface area (Å²) in [4.78, 5) is 22.5. The minimum Gasteiger partial charge on any atom is -0.476 e. The van der Waals surface area contributed by atoms with Gasteiger partial charge < -0.3 is 9.52 Å². The zero-order chi connectivity index (χ0) is 12.4. The molecule has 1 aromatic carbocycles. The lowest BCUT2D eigenvalue weighted by atomic mass is 10.2. The summed E-state index contributed by atoms with van der Waals surface area (Å²) in [6, 6.07) is 9.15. The van der Waals surface area contributed by atoms with Crippen LogP contribution >= 0.6 is 0 Å². The van der Waals surface area contributed by atoms with Crippen LogP contribution in [0.5, 0.6) is 0 Å². The molecule has 0 radical (unpaired) electrons. The standard InChI is InChI=1S/C12H11NO4/c1-8-10(11(14)15)13(12(16)17-8)7-9-5-3-2-4-6-9/h2-6H,7H2,1H3,(H,14,15). The number of hydrogen-bond donors (Lipinski definition) is 1. The number of rotatable bonds is 3. The Labute approximate surface area is 96.9 Å². The van der Waals surface area contributed by atoms with Gasteiger partial charge in [-0.1, -0.05) is 30.3 Å². The van der Waals surface area contributed by atoms with Crippen LogP contribution in [-0.4, -0.2) is 15.6 Å². The van der Waals surface area contributed by atoms with E-state index in [1.165, 1.54) is 6.92 Å². The van der Waals surface area contributed by atoms with Gasteiger partial charge in [0.15, 0.2) is 5.69 Å². The fourth-order valence-electron chi connectivity index (χ4n) is 1.69. The smallest absolute Gasteiger partial charge is 0.420 e. The molecule has 0 saturated carbocycles. The summed E-state index contributed by atoms with van der Waals surface area (Å²) >= 11 is 0. The van der Waals surface area contributed by atoms with Crippen LogP contribution in [0.25, 0.3) is 0 Å². The number of carboxylic acids is 1. The minimum atomic E-state index is -1.16. The summed E-state index contributed by atoms with van der Waals surface area (Å²) in [5, 5.41) is 9.02. The second-order valence-corrected chi connectivity index (χ2v) is 3.65. The first kappa shape index (κ1) is 11.2. The van der Waals surface area contributed by atoms with Crippen molar-refractivity contribution >= 4 is 5.97 Å². The Hall–Kier alpha value is -2.30. The Morgan fingerprint density at radius 2 is 2.00 bits per heavy atom. The van der Waals surface area contributed by atoms with Gasteiger partial charge >= 0.3 is 11.7 Å². The Morgan fingerprint density at radius 1 is 1.35 bits per heavy atom. The average Bonchev–Trinajstić information content (AvgIpc) is 2.55. The highest BCUT2D eigenvalue weighted by Gasteiger charge is 2.19. The maximum atomic E-state index is 11.5. The number of nitrogens with zero attached hydrogens (tertiary/aromatic N) is 1. The van der Waals surface area contributed by atoms with Gasteiger partial charge in [-0.05, 0) is 12.5 Å². The van der Waals surface area contributed by atoms with Gasteiger partial charge in [-0.2, -0.15) is 0 Å². The van der Waals surface area contributed by atoms with Gasteiger partial charge in [0.1, 0.15) is 5.76 Å². The normalized spacial score (nSPS) is 10.4. The number of carboxylic acid groups (broad SMARTS) is 1. The summed E-state index contributed by atoms with van der Waals surface area (Å²) in [6.07, 6.45) is 0. The van der Waals surface area contributed by atoms with Gasteiger partial charge in [0.2, 0.25) is 0 Å². The van der Waals surface area contributed by atoms with Crippen LogP contribution in [0, 0.1) is 6.92 Å². The lowest BCUT2D eigenvalue weighted by Gasteiger charge is -2.03. The molecule has 0 aliphatic rings. The number of aromatic carboxylic acids is 1. The van der Waals surface area contributed by atoms with E-state index in [4.69, 9.17) is 9.52 Å². The molecule has 5 heteroatoms. The lowest BCUT2D eigenvalue weighted by Crippen LogP contribution is -2.20. The van der Waals surface area contributed by atoms with Gasteiger partial charge in [0.25, 0.3) is 0 Å². The summed E-state index contributed by atoms with van der Waals surface area (Å²) < 4.78 is 5.92. The third kappa shape index (κ3) is 2.13. The maximum Gasteiger partial charge on any atom is 0.420 e. The summed E-state index contributed by atoms with van der Waals surface area (Å²) in [6.45, 7) is 1.66. The molecule has 1 heterocycles. The number of benzene rings is 1. The van der Waals surface area contributed by atoms with Crippen LogP contribution in [0.2, 0.25) is 0 Å². The molecule has 0 fully saturated rings. The van der Waals surface area contributed by atoms with E-state index >= 15 is 0 Å². The second kappa shape index (κ2) is 4.29. The highest BCUT2D eigenvalue weighted by atomic mass is 16.4. The molecule has 2 rings (SSSR count). The van der Waals surface area contributed by atoms with E-state index in [1.54, 1.807) is 0 Å². The molecule has 1 N–H and O–H groups in total. The molecular weight excluding hydrogens is 222 g/mol. The zero-order valence-electron chi connectivity index (χ0n) is 9.21. The largest absolute Gasteiger partial charge is 0.476 e. The van der Waals surface area contributed by atoms with Gasteiger partial charge in [-0.25, -0.2) is 9.59 Å². The molecule has 5 nitrogen and oxygen atoms in total. The zero-order valence-corrected chi connectivity index (χ0v) is 9.21. The molecule has 17 heavy (non-hydrogen) atoms. The van der Waals surface area contributed by atoms with E-state index in [0.717, 1.165) is 10.1 Å². The molecule has 1 aromatic heterocycles. The topological polar surface area (TPSA) is 72.4 Å². The van der Waals surface area contributed by atoms with Crippen molar-refractivity contribution < 1.29 is 14.3 Å². The monoisotopic (exact) mass is 233 g/mol. The van der Waals surface area contributed by atoms with Crippen molar-refractivity contribution in [3.8, 4) is 0 Å². The molecule has 2 aromatic rings. The molecule has 0 spiro atoms. The number of hydrogen-bond acceptors (Lipinski definition) is 3. The van der Waals surface area contributed by atoms with E-state index < -0.39 is 11.7 Å². The Morgan fingerprint density at radius 3 is 2.59 bits per heavy atom. The maximum absolute atomic E-state index is 11.5. The van der Waals surface area contributed by atoms with Crippen LogP contribution in [0.15, 0.2) is 39.5 Å². The first-order chi connectivity index (χ1) is 8.09. The van der Waals surface area contributed by atoms with Crippen LogP contribution < -0.4 is 5.76 Å². The minimum absolute atomic E-state index is 0.0983. The fourth-order valence-corrected chi connectivity index (χ4v) is 1.69. The van der Waals surface area contributed by atoms with Crippen molar-refractivity contribution in [3.05, 3.63) is 57.9 Å². The van der Waals surface area contributed by atoms with Gasteiger partial charge in [0, 0.05) is 0 Å². The highest BCUT2D eigenvalue weighted by molar-refractivity contribution is 5.86. The van der Waals surface area contributed by atoms with Crippen LogP contribution in [-0.2, 0) is 6.54 Å². The van der Waals surface area contributed by atoms with E-state index in [0.29, 0.717) is 0 Å².